The number of carboxylic acid groups (broad SMARTS) is 1. The normalized spacial score (nSPS) is 11.7. The van der Waals surface area contributed by atoms with Gasteiger partial charge < -0.3 is 9.52 Å². The molecule has 2 aromatic rings. The maximum absolute atomic E-state index is 11.7. The molecular weight excluding hydrogens is 220 g/mol. The topological polar surface area (TPSA) is 67.5 Å². The maximum Gasteiger partial charge on any atom is 0.343 e. The lowest BCUT2D eigenvalue weighted by molar-refractivity contribution is -0.131. The molecule has 1 heterocycles. The molecule has 4 heteroatoms. The second-order valence-corrected chi connectivity index (χ2v) is 3.65. The number of aliphatic carboxylic acids is 1. The highest BCUT2D eigenvalue weighted by Crippen LogP contribution is 2.17. The van der Waals surface area contributed by atoms with Crippen molar-refractivity contribution in [1.82, 2.24) is 0 Å². The Balaban J connectivity index is 2.67. The fourth-order valence-corrected chi connectivity index (χ4v) is 1.60. The molecule has 0 amide bonds. The highest BCUT2D eigenvalue weighted by Gasteiger charge is 2.07. The number of carboxylic acids is 1. The number of hydrogen-bond acceptors (Lipinski definition) is 3. The van der Waals surface area contributed by atoms with E-state index in [9.17, 15) is 9.59 Å². The van der Waals surface area contributed by atoms with Crippen molar-refractivity contribution in [3.05, 3.63) is 52.4 Å². The van der Waals surface area contributed by atoms with Crippen LogP contribution < -0.4 is 5.63 Å². The van der Waals surface area contributed by atoms with Crippen LogP contribution in [0.2, 0.25) is 0 Å². The predicted molar refractivity (Wildman–Crippen MR) is 63.8 cm³/mol. The molecule has 0 aliphatic heterocycles. The minimum absolute atomic E-state index is 0.270. The Bertz CT molecular complexity index is 664. The van der Waals surface area contributed by atoms with E-state index >= 15 is 0 Å². The molecule has 1 N–H and O–H groups in total. The van der Waals surface area contributed by atoms with Gasteiger partial charge in [-0.3, -0.25) is 0 Å². The van der Waals surface area contributed by atoms with Gasteiger partial charge in [-0.2, -0.15) is 0 Å². The van der Waals surface area contributed by atoms with Gasteiger partial charge in [-0.15, -0.1) is 0 Å². The van der Waals surface area contributed by atoms with Gasteiger partial charge in [-0.25, -0.2) is 9.59 Å². The van der Waals surface area contributed by atoms with E-state index in [2.05, 4.69) is 0 Å². The van der Waals surface area contributed by atoms with E-state index in [1.54, 1.807) is 31.2 Å². The SMILES string of the molecule is C/C(=C/C(=O)O)c1cc2ccccc2oc1=O. The van der Waals surface area contributed by atoms with Crippen LogP contribution in [0.5, 0.6) is 0 Å². The van der Waals surface area contributed by atoms with E-state index < -0.39 is 11.6 Å². The fraction of sp³-hybridized carbons (Fsp3) is 0.0769. The molecule has 0 unspecified atom stereocenters. The molecular formula is C13H10O4. The number of carbonyl (C=O) groups is 1. The Hall–Kier alpha value is -2.36. The van der Waals surface area contributed by atoms with Gasteiger partial charge in [0, 0.05) is 11.5 Å². The van der Waals surface area contributed by atoms with Crippen LogP contribution in [-0.4, -0.2) is 11.1 Å². The Kier molecular flexibility index (Phi) is 2.78. The smallest absolute Gasteiger partial charge is 0.343 e. The second-order valence-electron chi connectivity index (χ2n) is 3.65. The fourth-order valence-electron chi connectivity index (χ4n) is 1.60. The van der Waals surface area contributed by atoms with Crippen LogP contribution in [-0.2, 0) is 4.79 Å². The molecule has 0 atom stereocenters. The molecule has 1 aromatic carbocycles. The third-order valence-corrected chi connectivity index (χ3v) is 2.41. The molecule has 0 aliphatic carbocycles. The van der Waals surface area contributed by atoms with Gasteiger partial charge in [-0.05, 0) is 24.6 Å². The number of rotatable bonds is 2. The lowest BCUT2D eigenvalue weighted by Crippen LogP contribution is -2.06. The molecule has 17 heavy (non-hydrogen) atoms. The zero-order valence-electron chi connectivity index (χ0n) is 9.14. The van der Waals surface area contributed by atoms with E-state index in [4.69, 9.17) is 9.52 Å². The summed E-state index contributed by atoms with van der Waals surface area (Å²) in [5.41, 5.74) is 0.603. The third-order valence-electron chi connectivity index (χ3n) is 2.41. The number of para-hydroxylation sites is 1. The Morgan fingerprint density at radius 1 is 1.35 bits per heavy atom. The summed E-state index contributed by atoms with van der Waals surface area (Å²) < 4.78 is 5.11. The van der Waals surface area contributed by atoms with E-state index in [1.165, 1.54) is 0 Å². The molecule has 86 valence electrons. The van der Waals surface area contributed by atoms with Gasteiger partial charge >= 0.3 is 11.6 Å². The minimum atomic E-state index is -1.09. The predicted octanol–water partition coefficient (Wildman–Crippen LogP) is 2.28. The van der Waals surface area contributed by atoms with Crippen molar-refractivity contribution in [2.24, 2.45) is 0 Å². The summed E-state index contributed by atoms with van der Waals surface area (Å²) in [5, 5.41) is 9.40. The van der Waals surface area contributed by atoms with Crippen LogP contribution in [0.25, 0.3) is 16.5 Å². The third kappa shape index (κ3) is 2.25. The van der Waals surface area contributed by atoms with Gasteiger partial charge in [0.25, 0.3) is 0 Å². The monoisotopic (exact) mass is 230 g/mol. The molecule has 0 aliphatic rings. The van der Waals surface area contributed by atoms with Crippen LogP contribution in [0.3, 0.4) is 0 Å². The van der Waals surface area contributed by atoms with Crippen molar-refractivity contribution in [3.63, 3.8) is 0 Å². The highest BCUT2D eigenvalue weighted by atomic mass is 16.4. The average molecular weight is 230 g/mol. The highest BCUT2D eigenvalue weighted by molar-refractivity contribution is 5.90. The quantitative estimate of drug-likeness (QED) is 0.634. The summed E-state index contributed by atoms with van der Waals surface area (Å²) in [6.45, 7) is 1.56. The summed E-state index contributed by atoms with van der Waals surface area (Å²) in [4.78, 5) is 22.2. The molecule has 1 aromatic heterocycles. The average Bonchev–Trinajstić information content (AvgIpc) is 2.27. The summed E-state index contributed by atoms with van der Waals surface area (Å²) in [5.74, 6) is -1.09. The van der Waals surface area contributed by atoms with Crippen molar-refractivity contribution in [2.75, 3.05) is 0 Å². The summed E-state index contributed by atoms with van der Waals surface area (Å²) in [7, 11) is 0. The zero-order chi connectivity index (χ0) is 12.4. The number of hydrogen-bond donors (Lipinski definition) is 1. The first kappa shape index (κ1) is 11.1. The first-order valence-electron chi connectivity index (χ1n) is 5.02. The molecule has 0 fully saturated rings. The molecule has 4 nitrogen and oxygen atoms in total. The Labute approximate surface area is 96.8 Å². The van der Waals surface area contributed by atoms with Gasteiger partial charge in [-0.1, -0.05) is 18.2 Å². The largest absolute Gasteiger partial charge is 0.478 e. The van der Waals surface area contributed by atoms with Crippen molar-refractivity contribution in [2.45, 2.75) is 6.92 Å². The van der Waals surface area contributed by atoms with E-state index in [1.807, 2.05) is 6.07 Å². The molecule has 0 saturated heterocycles. The van der Waals surface area contributed by atoms with Crippen molar-refractivity contribution in [3.8, 4) is 0 Å². The van der Waals surface area contributed by atoms with Crippen molar-refractivity contribution in [1.29, 1.82) is 0 Å². The Morgan fingerprint density at radius 3 is 2.76 bits per heavy atom. The van der Waals surface area contributed by atoms with E-state index in [-0.39, 0.29) is 5.56 Å². The molecule has 0 spiro atoms. The summed E-state index contributed by atoms with van der Waals surface area (Å²) >= 11 is 0. The molecule has 0 bridgehead atoms. The molecule has 0 radical (unpaired) electrons. The van der Waals surface area contributed by atoms with Gasteiger partial charge in [0.2, 0.25) is 0 Å². The maximum atomic E-state index is 11.7. The molecule has 0 saturated carbocycles. The van der Waals surface area contributed by atoms with Crippen LogP contribution in [0.15, 0.2) is 45.6 Å². The van der Waals surface area contributed by atoms with E-state index in [0.717, 1.165) is 11.5 Å². The zero-order valence-corrected chi connectivity index (χ0v) is 9.14. The minimum Gasteiger partial charge on any atom is -0.478 e. The Morgan fingerprint density at radius 2 is 2.06 bits per heavy atom. The lowest BCUT2D eigenvalue weighted by atomic mass is 10.1. The van der Waals surface area contributed by atoms with Crippen LogP contribution in [0.4, 0.5) is 0 Å². The van der Waals surface area contributed by atoms with E-state index in [0.29, 0.717) is 11.2 Å². The second kappa shape index (κ2) is 4.25. The van der Waals surface area contributed by atoms with Crippen LogP contribution >= 0.6 is 0 Å². The van der Waals surface area contributed by atoms with Crippen LogP contribution in [0.1, 0.15) is 12.5 Å². The lowest BCUT2D eigenvalue weighted by Gasteiger charge is -2.01. The number of allylic oxidation sites excluding steroid dienone is 1. The van der Waals surface area contributed by atoms with Gasteiger partial charge in [0.15, 0.2) is 0 Å². The van der Waals surface area contributed by atoms with Crippen LogP contribution in [0, 0.1) is 0 Å². The first-order chi connectivity index (χ1) is 8.08. The standard InChI is InChI=1S/C13H10O4/c1-8(6-12(14)15)10-7-9-4-2-3-5-11(9)17-13(10)16/h2-7H,1H3,(H,14,15)/b8-6-. The van der Waals surface area contributed by atoms with Gasteiger partial charge in [0.1, 0.15) is 5.58 Å². The van der Waals surface area contributed by atoms with Crippen molar-refractivity contribution < 1.29 is 14.3 Å². The summed E-state index contributed by atoms with van der Waals surface area (Å²) in [6.07, 6.45) is 0.987. The molecule has 2 rings (SSSR count). The van der Waals surface area contributed by atoms with Gasteiger partial charge in [0.05, 0.1) is 5.56 Å². The number of benzene rings is 1. The van der Waals surface area contributed by atoms with Crippen molar-refractivity contribution >= 4 is 22.5 Å². The summed E-state index contributed by atoms with van der Waals surface area (Å²) in [6, 6.07) is 8.72. The number of fused-ring (bicyclic) bond motifs is 1. The first-order valence-corrected chi connectivity index (χ1v) is 5.02.